The van der Waals surface area contributed by atoms with Crippen LogP contribution in [0.1, 0.15) is 64.4 Å². The van der Waals surface area contributed by atoms with Gasteiger partial charge in [0.05, 0.1) is 31.1 Å². The predicted octanol–water partition coefficient (Wildman–Crippen LogP) is 0.822. The van der Waals surface area contributed by atoms with Gasteiger partial charge in [0.15, 0.2) is 17.8 Å². The maximum absolute atomic E-state index is 14.9. The number of nitrogens with two attached hydrogens (primary N) is 3. The fraction of sp³-hybridized carbons (Fsp3) is 0.600. The van der Waals surface area contributed by atoms with Gasteiger partial charge in [0, 0.05) is 36.5 Å². The Labute approximate surface area is 298 Å². The molecule has 15 heteroatoms. The van der Waals surface area contributed by atoms with Crippen LogP contribution in [0.5, 0.6) is 0 Å². The summed E-state index contributed by atoms with van der Waals surface area (Å²) in [5.41, 5.74) is 27.0. The zero-order chi connectivity index (χ0) is 36.5. The van der Waals surface area contributed by atoms with E-state index in [1.165, 1.54) is 0 Å². The van der Waals surface area contributed by atoms with E-state index < -0.39 is 48.0 Å². The predicted molar refractivity (Wildman–Crippen MR) is 196 cm³/mol. The summed E-state index contributed by atoms with van der Waals surface area (Å²) in [7, 11) is 0. The number of nitrogens with zero attached hydrogens (tertiary/aromatic N) is 2. The molecule has 0 spiro atoms. The van der Waals surface area contributed by atoms with Crippen molar-refractivity contribution in [2.45, 2.75) is 101 Å². The van der Waals surface area contributed by atoms with Crippen LogP contribution in [0, 0.1) is 5.92 Å². The molecule has 2 fully saturated rings. The van der Waals surface area contributed by atoms with Crippen molar-refractivity contribution in [1.82, 2.24) is 21.3 Å². The molecule has 1 aromatic heterocycles. The molecule has 0 aliphatic carbocycles. The number of benzene rings is 1. The molecule has 274 valence electrons. The third-order valence-corrected chi connectivity index (χ3v) is 10.7. The number of hydrogen-bond donors (Lipinski definition) is 7. The normalized spacial score (nSPS) is 23.9. The first-order chi connectivity index (χ1) is 23.9. The van der Waals surface area contributed by atoms with Gasteiger partial charge in [-0.2, -0.15) is 17.2 Å². The fourth-order valence-corrected chi connectivity index (χ4v) is 8.18. The van der Waals surface area contributed by atoms with E-state index in [0.717, 1.165) is 29.0 Å². The largest absolute Gasteiger partial charge is 0.370 e. The number of carbonyl (C=O) groups excluding carboxylic acids is 5. The summed E-state index contributed by atoms with van der Waals surface area (Å²) >= 11 is 1.56. The number of guanidine groups is 1. The Morgan fingerprint density at radius 2 is 1.88 bits per heavy atom. The second kappa shape index (κ2) is 17.6. The van der Waals surface area contributed by atoms with Gasteiger partial charge in [-0.25, -0.2) is 15.4 Å². The Balaban J connectivity index is 1.70. The Bertz CT molecular complexity index is 1550. The van der Waals surface area contributed by atoms with Crippen molar-refractivity contribution in [3.8, 4) is 0 Å². The summed E-state index contributed by atoms with van der Waals surface area (Å²) in [6.45, 7) is 4.68. The minimum Gasteiger partial charge on any atom is -0.370 e. The number of nitrogens with one attached hydrogen (secondary N) is 4. The van der Waals surface area contributed by atoms with Gasteiger partial charge in [-0.3, -0.25) is 19.4 Å². The van der Waals surface area contributed by atoms with Crippen LogP contribution >= 0.6 is 11.8 Å². The zero-order valence-electron chi connectivity index (χ0n) is 29.4. The first kappa shape index (κ1) is 39.3. The number of thioether (sulfide) groups is 1. The molecular formula is C35H54N9O5S+. The number of aromatic nitrogens is 1. The molecule has 50 heavy (non-hydrogen) atoms. The van der Waals surface area contributed by atoms with Gasteiger partial charge in [0.25, 0.3) is 5.78 Å². The van der Waals surface area contributed by atoms with E-state index in [-0.39, 0.29) is 34.5 Å². The lowest BCUT2D eigenvalue weighted by molar-refractivity contribution is -1.02. The van der Waals surface area contributed by atoms with E-state index in [4.69, 9.17) is 17.2 Å². The van der Waals surface area contributed by atoms with E-state index in [9.17, 15) is 24.0 Å². The average molecular weight is 713 g/mol. The summed E-state index contributed by atoms with van der Waals surface area (Å²) in [5, 5.41) is 0.919. The van der Waals surface area contributed by atoms with Crippen molar-refractivity contribution < 1.29 is 28.6 Å². The summed E-state index contributed by atoms with van der Waals surface area (Å²) in [6, 6.07) is 3.92. The number of hydrogen-bond acceptors (Lipinski definition) is 11. The molecule has 0 bridgehead atoms. The third-order valence-electron chi connectivity index (χ3n) is 10.1. The lowest BCUT2D eigenvalue weighted by Gasteiger charge is -2.60. The number of rotatable bonds is 23. The van der Waals surface area contributed by atoms with Crippen LogP contribution < -0.4 is 33.5 Å². The van der Waals surface area contributed by atoms with Crippen molar-refractivity contribution in [2.75, 3.05) is 25.1 Å². The Kier molecular flexibility index (Phi) is 13.9. The van der Waals surface area contributed by atoms with Gasteiger partial charge < -0.3 is 31.8 Å². The number of quaternary nitrogens is 1. The van der Waals surface area contributed by atoms with E-state index in [1.54, 1.807) is 11.8 Å². The van der Waals surface area contributed by atoms with E-state index in [0.29, 0.717) is 57.4 Å². The number of aldehydes is 2. The van der Waals surface area contributed by atoms with Crippen molar-refractivity contribution in [3.63, 3.8) is 0 Å². The van der Waals surface area contributed by atoms with E-state index in [1.807, 2.05) is 50.6 Å². The number of aliphatic imine (C=N–C) groups is 1. The molecule has 2 unspecified atom stereocenters. The molecule has 14 nitrogen and oxygen atoms in total. The highest BCUT2D eigenvalue weighted by Crippen LogP contribution is 2.50. The third kappa shape index (κ3) is 8.35. The number of Topliss-reactive ketones (excluding diaryl/α,β-unsaturated/α-hetero) is 3. The van der Waals surface area contributed by atoms with Crippen LogP contribution in [-0.4, -0.2) is 106 Å². The lowest BCUT2D eigenvalue weighted by Crippen LogP contribution is -2.92. The van der Waals surface area contributed by atoms with Gasteiger partial charge in [-0.05, 0) is 61.7 Å². The van der Waals surface area contributed by atoms with Crippen molar-refractivity contribution in [2.24, 2.45) is 28.1 Å². The maximum Gasteiger partial charge on any atom is 0.261 e. The van der Waals surface area contributed by atoms with Crippen LogP contribution in [0.15, 0.2) is 35.5 Å². The first-order valence-electron chi connectivity index (χ1n) is 17.5. The van der Waals surface area contributed by atoms with Crippen molar-refractivity contribution in [1.29, 1.82) is 0 Å². The summed E-state index contributed by atoms with van der Waals surface area (Å²) in [5.74, 6) is -0.395. The molecule has 2 aliphatic heterocycles. The second-order valence-electron chi connectivity index (χ2n) is 14.0. The average Bonchev–Trinajstić information content (AvgIpc) is 3.69. The Morgan fingerprint density at radius 1 is 1.14 bits per heavy atom. The number of carbonyl (C=O) groups is 5. The zero-order valence-corrected chi connectivity index (χ0v) is 30.2. The van der Waals surface area contributed by atoms with Gasteiger partial charge >= 0.3 is 0 Å². The maximum atomic E-state index is 14.9. The van der Waals surface area contributed by atoms with E-state index in [2.05, 4.69) is 26.3 Å². The number of para-hydroxylation sites is 1. The number of H-pyrrole nitrogens is 1. The van der Waals surface area contributed by atoms with E-state index >= 15 is 0 Å². The highest BCUT2D eigenvalue weighted by Gasteiger charge is 2.80. The molecule has 2 aromatic rings. The molecule has 2 saturated heterocycles. The van der Waals surface area contributed by atoms with Crippen LogP contribution in [0.4, 0.5) is 0 Å². The smallest absolute Gasteiger partial charge is 0.261 e. The van der Waals surface area contributed by atoms with Crippen LogP contribution in [0.3, 0.4) is 0 Å². The topological polar surface area (TPSA) is 228 Å². The van der Waals surface area contributed by atoms with Crippen LogP contribution in [0.2, 0.25) is 0 Å². The molecule has 0 radical (unpaired) electrons. The molecule has 10 N–H and O–H groups in total. The highest BCUT2D eigenvalue weighted by atomic mass is 32.2. The number of fused-ring (bicyclic) bond motifs is 2. The van der Waals surface area contributed by atoms with Gasteiger partial charge in [0.1, 0.15) is 18.6 Å². The summed E-state index contributed by atoms with van der Waals surface area (Å²) in [6.07, 6.45) is 7.99. The minimum absolute atomic E-state index is 0.0504. The molecule has 2 aliphatic rings. The molecule has 0 saturated carbocycles. The lowest BCUT2D eigenvalue weighted by atomic mass is 9.67. The van der Waals surface area contributed by atoms with Gasteiger partial charge in [-0.1, -0.05) is 32.0 Å². The van der Waals surface area contributed by atoms with Crippen molar-refractivity contribution >= 4 is 58.5 Å². The quantitative estimate of drug-likeness (QED) is 0.0162. The number of aromatic amines is 1. The Hall–Kier alpha value is -3.47. The first-order valence-corrected chi connectivity index (χ1v) is 18.9. The van der Waals surface area contributed by atoms with Crippen molar-refractivity contribution in [3.05, 3.63) is 36.0 Å². The van der Waals surface area contributed by atoms with Gasteiger partial charge in [0.2, 0.25) is 11.3 Å². The molecular weight excluding hydrogens is 659 g/mol. The van der Waals surface area contributed by atoms with Gasteiger partial charge in [-0.15, -0.1) is 0 Å². The highest BCUT2D eigenvalue weighted by molar-refractivity contribution is 7.98. The summed E-state index contributed by atoms with van der Waals surface area (Å²) < 4.78 is -0.198. The fourth-order valence-electron chi connectivity index (χ4n) is 7.71. The summed E-state index contributed by atoms with van der Waals surface area (Å²) in [4.78, 5) is 75.2. The standard InChI is InChI=1S/C35H54N9O5S/c1-22(2)16-25(21-46)41-42-29(12-15-50-3)31(47)18-35(32(48)27(36)17-23-19-40-28-10-5-4-9-26(23)28)33(49)30-11-7-14-44(30,35)43-24(20-45)8-6-13-39-34(37)38/h4-5,9-10,19-22,24-25,27,29-30,40-43H,6-8,11-18,36H2,1-3H3,(H4,37,38,39)/q+1/t24-,25-,27+,29+,30+,35?,44?/m1/s1. The number of hydrazine groups is 1. The van der Waals surface area contributed by atoms with Crippen LogP contribution in [0.25, 0.3) is 10.9 Å². The molecule has 7 atom stereocenters. The SMILES string of the molecule is CSCC[C@H](NN[C@@H](C=O)CC(C)C)C(=O)CC1(C(=O)[C@@H](N)Cc2c[nH]c3ccccc23)C(=O)[C@@H]2CCC[N+]21N[C@@H](C=O)CCCN=C(N)N. The second-order valence-corrected chi connectivity index (χ2v) is 15.0. The molecule has 4 rings (SSSR count). The number of ketones is 3. The minimum atomic E-state index is -1.84. The molecule has 1 aromatic carbocycles. The molecule has 0 amide bonds. The molecule has 3 heterocycles. The Morgan fingerprint density at radius 3 is 2.56 bits per heavy atom. The van der Waals surface area contributed by atoms with Crippen LogP contribution in [-0.2, 0) is 30.4 Å². The monoisotopic (exact) mass is 712 g/mol.